The van der Waals surface area contributed by atoms with Gasteiger partial charge in [0.1, 0.15) is 11.5 Å². The van der Waals surface area contributed by atoms with Gasteiger partial charge in [0.05, 0.1) is 27.5 Å². The van der Waals surface area contributed by atoms with Crippen LogP contribution >= 0.6 is 34.8 Å². The van der Waals surface area contributed by atoms with Crippen molar-refractivity contribution in [2.24, 2.45) is 5.73 Å². The summed E-state index contributed by atoms with van der Waals surface area (Å²) in [4.78, 5) is 10.6. The van der Waals surface area contributed by atoms with Crippen LogP contribution in [0, 0.1) is 0 Å². The molecule has 0 aliphatic heterocycles. The molecule has 2 rings (SSSR count). The van der Waals surface area contributed by atoms with Crippen LogP contribution in [0.2, 0.25) is 15.1 Å². The van der Waals surface area contributed by atoms with Gasteiger partial charge < -0.3 is 15.3 Å². The van der Waals surface area contributed by atoms with Crippen molar-refractivity contribution >= 4 is 40.8 Å². The van der Waals surface area contributed by atoms with Gasteiger partial charge in [0, 0.05) is 5.56 Å². The Hall–Kier alpha value is -1.20. The molecule has 2 aromatic rings. The Bertz CT molecular complexity index is 654. The minimum absolute atomic E-state index is 0.220. The van der Waals surface area contributed by atoms with E-state index in [4.69, 9.17) is 50.1 Å². The summed E-state index contributed by atoms with van der Waals surface area (Å²) in [7, 11) is 0. The molecule has 106 valence electrons. The highest BCUT2D eigenvalue weighted by Gasteiger charge is 2.17. The first kappa shape index (κ1) is 15.2. The Kier molecular flexibility index (Phi) is 4.60. The molecular formula is C13H10Cl3NO3. The quantitative estimate of drug-likeness (QED) is 0.813. The summed E-state index contributed by atoms with van der Waals surface area (Å²) in [5, 5.41) is 9.78. The highest BCUT2D eigenvalue weighted by molar-refractivity contribution is 6.44. The minimum atomic E-state index is -0.997. The molecule has 0 aliphatic rings. The van der Waals surface area contributed by atoms with Crippen molar-refractivity contribution in [3.63, 3.8) is 0 Å². The Balaban J connectivity index is 2.33. The predicted octanol–water partition coefficient (Wildman–Crippen LogP) is 4.38. The second-order valence-electron chi connectivity index (χ2n) is 4.15. The molecule has 0 fully saturated rings. The third kappa shape index (κ3) is 3.27. The van der Waals surface area contributed by atoms with E-state index in [0.29, 0.717) is 32.2 Å². The van der Waals surface area contributed by atoms with Crippen molar-refractivity contribution in [3.8, 4) is 11.3 Å². The number of halogens is 3. The molecule has 3 N–H and O–H groups in total. The van der Waals surface area contributed by atoms with E-state index in [-0.39, 0.29) is 6.42 Å². The first-order valence-electron chi connectivity index (χ1n) is 5.60. The molecule has 4 nitrogen and oxygen atoms in total. The maximum atomic E-state index is 10.6. The minimum Gasteiger partial charge on any atom is -0.481 e. The van der Waals surface area contributed by atoms with E-state index in [1.807, 2.05) is 0 Å². The van der Waals surface area contributed by atoms with Crippen LogP contribution in [0.5, 0.6) is 0 Å². The summed E-state index contributed by atoms with van der Waals surface area (Å²) in [5.41, 5.74) is 6.29. The molecule has 1 unspecified atom stereocenters. The van der Waals surface area contributed by atoms with E-state index in [2.05, 4.69) is 0 Å². The number of carbonyl (C=O) groups is 1. The lowest BCUT2D eigenvalue weighted by atomic mass is 10.1. The summed E-state index contributed by atoms with van der Waals surface area (Å²) in [6, 6.07) is 5.64. The molecule has 20 heavy (non-hydrogen) atoms. The molecule has 0 amide bonds. The average Bonchev–Trinajstić information content (AvgIpc) is 2.82. The van der Waals surface area contributed by atoms with E-state index in [1.165, 1.54) is 6.07 Å². The van der Waals surface area contributed by atoms with Gasteiger partial charge in [-0.3, -0.25) is 4.79 Å². The van der Waals surface area contributed by atoms with Crippen molar-refractivity contribution < 1.29 is 14.3 Å². The molecule has 1 aromatic carbocycles. The molecule has 1 atom stereocenters. The Morgan fingerprint density at radius 2 is 1.85 bits per heavy atom. The number of benzene rings is 1. The van der Waals surface area contributed by atoms with Crippen molar-refractivity contribution in [1.29, 1.82) is 0 Å². The summed E-state index contributed by atoms with van der Waals surface area (Å²) in [6.45, 7) is 0. The van der Waals surface area contributed by atoms with Crippen LogP contribution in [0.25, 0.3) is 11.3 Å². The molecule has 0 saturated heterocycles. The van der Waals surface area contributed by atoms with Gasteiger partial charge in [0.15, 0.2) is 0 Å². The SMILES string of the molecule is NC(CC(=O)O)c1ccc(-c2cc(Cl)c(Cl)cc2Cl)o1. The monoisotopic (exact) mass is 333 g/mol. The van der Waals surface area contributed by atoms with Crippen LogP contribution < -0.4 is 5.73 Å². The van der Waals surface area contributed by atoms with Crippen molar-refractivity contribution in [1.82, 2.24) is 0 Å². The molecule has 0 aliphatic carbocycles. The van der Waals surface area contributed by atoms with E-state index in [9.17, 15) is 4.79 Å². The largest absolute Gasteiger partial charge is 0.481 e. The van der Waals surface area contributed by atoms with Crippen LogP contribution in [0.4, 0.5) is 0 Å². The second kappa shape index (κ2) is 6.06. The van der Waals surface area contributed by atoms with Gasteiger partial charge in [0.2, 0.25) is 0 Å². The highest BCUT2D eigenvalue weighted by atomic mass is 35.5. The third-order valence-electron chi connectivity index (χ3n) is 2.66. The maximum absolute atomic E-state index is 10.6. The predicted molar refractivity (Wildman–Crippen MR) is 78.4 cm³/mol. The topological polar surface area (TPSA) is 76.5 Å². The summed E-state index contributed by atoms with van der Waals surface area (Å²) >= 11 is 17.9. The highest BCUT2D eigenvalue weighted by Crippen LogP contribution is 2.36. The number of furan rings is 1. The number of carboxylic acid groups (broad SMARTS) is 1. The fraction of sp³-hybridized carbons (Fsp3) is 0.154. The van der Waals surface area contributed by atoms with Gasteiger partial charge >= 0.3 is 5.97 Å². The zero-order chi connectivity index (χ0) is 14.9. The number of aliphatic carboxylic acids is 1. The van der Waals surface area contributed by atoms with Crippen LogP contribution in [0.1, 0.15) is 18.2 Å². The molecule has 0 bridgehead atoms. The maximum Gasteiger partial charge on any atom is 0.305 e. The zero-order valence-corrected chi connectivity index (χ0v) is 12.3. The Morgan fingerprint density at radius 3 is 2.50 bits per heavy atom. The molecule has 1 heterocycles. The van der Waals surface area contributed by atoms with E-state index in [0.717, 1.165) is 0 Å². The van der Waals surface area contributed by atoms with Crippen LogP contribution in [-0.2, 0) is 4.79 Å². The van der Waals surface area contributed by atoms with Gasteiger partial charge in [-0.1, -0.05) is 34.8 Å². The van der Waals surface area contributed by atoms with Crippen LogP contribution in [0.3, 0.4) is 0 Å². The lowest BCUT2D eigenvalue weighted by Gasteiger charge is -2.06. The Morgan fingerprint density at radius 1 is 1.20 bits per heavy atom. The number of hydrogen-bond acceptors (Lipinski definition) is 3. The number of rotatable bonds is 4. The summed E-state index contributed by atoms with van der Waals surface area (Å²) in [5.74, 6) is -0.183. The summed E-state index contributed by atoms with van der Waals surface area (Å²) < 4.78 is 5.53. The van der Waals surface area contributed by atoms with Crippen LogP contribution in [0.15, 0.2) is 28.7 Å². The molecular weight excluding hydrogens is 325 g/mol. The molecule has 0 saturated carbocycles. The van der Waals surface area contributed by atoms with Crippen molar-refractivity contribution in [2.45, 2.75) is 12.5 Å². The molecule has 1 aromatic heterocycles. The third-order valence-corrected chi connectivity index (χ3v) is 3.70. The van der Waals surface area contributed by atoms with E-state index in [1.54, 1.807) is 18.2 Å². The van der Waals surface area contributed by atoms with Crippen molar-refractivity contribution in [2.75, 3.05) is 0 Å². The number of carboxylic acids is 1. The second-order valence-corrected chi connectivity index (χ2v) is 5.37. The fourth-order valence-corrected chi connectivity index (χ4v) is 2.34. The zero-order valence-electron chi connectivity index (χ0n) is 10.1. The lowest BCUT2D eigenvalue weighted by Crippen LogP contribution is -2.14. The van der Waals surface area contributed by atoms with Gasteiger partial charge in [-0.05, 0) is 24.3 Å². The fourth-order valence-electron chi connectivity index (χ4n) is 1.70. The molecule has 7 heteroatoms. The lowest BCUT2D eigenvalue weighted by molar-refractivity contribution is -0.137. The standard InChI is InChI=1S/C13H10Cl3NO3/c14-7-4-9(16)8(15)3-6(7)11-1-2-12(20-11)10(17)5-13(18)19/h1-4,10H,5,17H2,(H,18,19). The van der Waals surface area contributed by atoms with Gasteiger partial charge in [-0.25, -0.2) is 0 Å². The number of hydrogen-bond donors (Lipinski definition) is 2. The Labute approximate surface area is 130 Å². The normalized spacial score (nSPS) is 12.4. The molecule has 0 spiro atoms. The van der Waals surface area contributed by atoms with Crippen LogP contribution in [-0.4, -0.2) is 11.1 Å². The number of nitrogens with two attached hydrogens (primary N) is 1. The van der Waals surface area contributed by atoms with Gasteiger partial charge in [-0.15, -0.1) is 0 Å². The first-order chi connectivity index (χ1) is 9.38. The van der Waals surface area contributed by atoms with Gasteiger partial charge in [-0.2, -0.15) is 0 Å². The van der Waals surface area contributed by atoms with Crippen molar-refractivity contribution in [3.05, 3.63) is 45.1 Å². The average molecular weight is 335 g/mol. The molecule has 0 radical (unpaired) electrons. The summed E-state index contributed by atoms with van der Waals surface area (Å²) in [6.07, 6.45) is -0.220. The van der Waals surface area contributed by atoms with E-state index < -0.39 is 12.0 Å². The van der Waals surface area contributed by atoms with Gasteiger partial charge in [0.25, 0.3) is 0 Å². The van der Waals surface area contributed by atoms with E-state index >= 15 is 0 Å². The smallest absolute Gasteiger partial charge is 0.305 e. The first-order valence-corrected chi connectivity index (χ1v) is 6.74.